The van der Waals surface area contributed by atoms with Gasteiger partial charge in [-0.1, -0.05) is 86.3 Å². The summed E-state index contributed by atoms with van der Waals surface area (Å²) < 4.78 is 2.25. The molecular formula is C64H67N10O2+. The zero-order valence-corrected chi connectivity index (χ0v) is 43.5. The third-order valence-electron chi connectivity index (χ3n) is 14.3. The molecule has 0 spiro atoms. The third-order valence-corrected chi connectivity index (χ3v) is 14.3. The zero-order valence-electron chi connectivity index (χ0n) is 43.5. The smallest absolute Gasteiger partial charge is 0.251 e. The van der Waals surface area contributed by atoms with Crippen LogP contribution in [-0.4, -0.2) is 54.7 Å². The van der Waals surface area contributed by atoms with Crippen molar-refractivity contribution in [1.82, 2.24) is 20.9 Å². The largest absolute Gasteiger partial charge is 0.399 e. The van der Waals surface area contributed by atoms with Gasteiger partial charge in [-0.3, -0.25) is 9.59 Å². The zero-order chi connectivity index (χ0) is 52.4. The number of rotatable bonds is 21. The molecule has 1 unspecified atom stereocenters. The van der Waals surface area contributed by atoms with Crippen LogP contribution in [0.25, 0.3) is 38.9 Å². The van der Waals surface area contributed by atoms with E-state index in [1.165, 1.54) is 0 Å². The number of para-hydroxylation sites is 2. The first kappa shape index (κ1) is 50.7. The Bertz CT molecular complexity index is 3460. The summed E-state index contributed by atoms with van der Waals surface area (Å²) in [7, 11) is 0. The summed E-state index contributed by atoms with van der Waals surface area (Å²) in [6.07, 6.45) is 12.5. The number of aliphatic imine (C=N–C) groups is 1. The highest BCUT2D eigenvalue weighted by Gasteiger charge is 2.32. The number of hydrogen-bond acceptors (Lipinski definition) is 9. The Balaban J connectivity index is 0.608. The number of carbonyl (C=O) groups is 2. The fourth-order valence-corrected chi connectivity index (χ4v) is 10.2. The number of amides is 2. The van der Waals surface area contributed by atoms with Crippen molar-refractivity contribution in [2.45, 2.75) is 71.3 Å². The molecule has 2 aliphatic rings. The summed E-state index contributed by atoms with van der Waals surface area (Å²) in [5.74, 6) is -0.146. The van der Waals surface area contributed by atoms with E-state index in [2.05, 4.69) is 123 Å². The summed E-state index contributed by atoms with van der Waals surface area (Å²) in [4.78, 5) is 38.3. The molecular weight excluding hydrogens is 941 g/mol. The van der Waals surface area contributed by atoms with E-state index in [0.29, 0.717) is 35.6 Å². The first-order valence-electron chi connectivity index (χ1n) is 26.8. The monoisotopic (exact) mass is 1010 g/mol. The topological polar surface area (TPSA) is 167 Å². The van der Waals surface area contributed by atoms with Gasteiger partial charge in [-0.2, -0.15) is 0 Å². The van der Waals surface area contributed by atoms with Crippen LogP contribution in [0.1, 0.15) is 84.6 Å². The number of nitrogens with one attached hydrogen (secondary N) is 4. The van der Waals surface area contributed by atoms with Crippen LogP contribution in [0.5, 0.6) is 0 Å². The minimum absolute atomic E-state index is 0.0315. The predicted octanol–water partition coefficient (Wildman–Crippen LogP) is 12.2. The van der Waals surface area contributed by atoms with Gasteiger partial charge in [0.05, 0.1) is 23.1 Å². The maximum atomic E-state index is 13.0. The number of nitrogen functional groups attached to an aromatic ring is 2. The van der Waals surface area contributed by atoms with Gasteiger partial charge >= 0.3 is 0 Å². The van der Waals surface area contributed by atoms with Crippen LogP contribution in [-0.2, 0) is 0 Å². The average molecular weight is 1010 g/mol. The standard InChI is InChI=1S/C64H66N10O2/c1-43-37-55-61(73(51-17-9-7-10-18-51)59-31-29-49(65)39-57(59)71-55)41-53(43)67-33-13-3-5-15-35-69-63(75)47-25-21-45(22-26-47)46-23-27-48(28-24-46)64(76)70-36-16-6-4-14-34-68-54-42-62-56(38-44(54)2)72-58-40-50(66)30-32-60(58)74(62)52-19-11-8-12-20-52/h7-12,17-32,37-42,61,67H,3-6,13-16,33-36,65-66H2,1-2H3,(H2,69,70,75,76)/p+1. The summed E-state index contributed by atoms with van der Waals surface area (Å²) >= 11 is 0. The SMILES string of the molecule is CC1=CC2=Nc3cc(N)ccc3N(c3ccccc3)C2C=C1NCCCCCCNC(=O)c1ccc(-c2ccc(C(=O)NCCCCCCNc3cc4c(cc3C)nc3cc(N)ccc3[n+]4-c3ccccc3)cc2)cc1. The van der Waals surface area contributed by atoms with Crippen LogP contribution >= 0.6 is 0 Å². The molecule has 384 valence electrons. The Labute approximate surface area is 445 Å². The van der Waals surface area contributed by atoms with Crippen molar-refractivity contribution in [3.8, 4) is 16.8 Å². The number of allylic oxidation sites excluding steroid dienone is 1. The van der Waals surface area contributed by atoms with Crippen LogP contribution in [0, 0.1) is 6.92 Å². The van der Waals surface area contributed by atoms with E-state index in [4.69, 9.17) is 21.4 Å². The molecule has 76 heavy (non-hydrogen) atoms. The van der Waals surface area contributed by atoms with Gasteiger partial charge < -0.3 is 37.6 Å². The summed E-state index contributed by atoms with van der Waals surface area (Å²) in [5.41, 5.74) is 30.4. The molecule has 7 aromatic carbocycles. The molecule has 1 aromatic heterocycles. The van der Waals surface area contributed by atoms with Gasteiger partial charge in [0.2, 0.25) is 16.7 Å². The molecule has 0 saturated carbocycles. The van der Waals surface area contributed by atoms with E-state index in [-0.39, 0.29) is 17.9 Å². The molecule has 10 rings (SSSR count). The molecule has 0 radical (unpaired) electrons. The molecule has 1 atom stereocenters. The van der Waals surface area contributed by atoms with Crippen LogP contribution in [0.4, 0.5) is 34.1 Å². The Morgan fingerprint density at radius 2 is 1.14 bits per heavy atom. The second kappa shape index (κ2) is 23.6. The third kappa shape index (κ3) is 11.8. The summed E-state index contributed by atoms with van der Waals surface area (Å²) in [5, 5.41) is 13.5. The molecule has 0 fully saturated rings. The number of nitrogens with two attached hydrogens (primary N) is 2. The molecule has 2 heterocycles. The van der Waals surface area contributed by atoms with Crippen LogP contribution < -0.4 is 42.2 Å². The molecule has 2 amide bonds. The molecule has 1 aliphatic carbocycles. The van der Waals surface area contributed by atoms with Crippen molar-refractivity contribution >= 4 is 73.7 Å². The van der Waals surface area contributed by atoms with E-state index in [0.717, 1.165) is 149 Å². The van der Waals surface area contributed by atoms with E-state index >= 15 is 0 Å². The first-order chi connectivity index (χ1) is 37.2. The van der Waals surface area contributed by atoms with Gasteiger partial charge in [-0.05, 0) is 147 Å². The number of aromatic nitrogens is 2. The van der Waals surface area contributed by atoms with Crippen molar-refractivity contribution in [3.05, 3.63) is 198 Å². The normalized spacial score (nSPS) is 13.8. The fourth-order valence-electron chi connectivity index (χ4n) is 10.2. The maximum absolute atomic E-state index is 13.0. The van der Waals surface area contributed by atoms with E-state index in [1.807, 2.05) is 91.0 Å². The lowest BCUT2D eigenvalue weighted by molar-refractivity contribution is -0.538. The van der Waals surface area contributed by atoms with Gasteiger partial charge in [0, 0.05) is 90.0 Å². The highest BCUT2D eigenvalue weighted by atomic mass is 16.2. The molecule has 8 aromatic rings. The van der Waals surface area contributed by atoms with Crippen LogP contribution in [0.3, 0.4) is 0 Å². The molecule has 12 heteroatoms. The van der Waals surface area contributed by atoms with Crippen molar-refractivity contribution in [2.24, 2.45) is 4.99 Å². The first-order valence-corrected chi connectivity index (χ1v) is 26.8. The number of unbranched alkanes of at least 4 members (excludes halogenated alkanes) is 6. The number of fused-ring (bicyclic) bond motifs is 4. The van der Waals surface area contributed by atoms with E-state index in [9.17, 15) is 9.59 Å². The van der Waals surface area contributed by atoms with Gasteiger partial charge in [0.15, 0.2) is 0 Å². The predicted molar refractivity (Wildman–Crippen MR) is 312 cm³/mol. The van der Waals surface area contributed by atoms with E-state index in [1.54, 1.807) is 0 Å². The van der Waals surface area contributed by atoms with Crippen molar-refractivity contribution in [1.29, 1.82) is 0 Å². The van der Waals surface area contributed by atoms with Crippen molar-refractivity contribution in [2.75, 3.05) is 47.9 Å². The minimum atomic E-state index is -0.0739. The Morgan fingerprint density at radius 3 is 1.79 bits per heavy atom. The second-order valence-corrected chi connectivity index (χ2v) is 19.9. The number of anilines is 5. The van der Waals surface area contributed by atoms with Crippen LogP contribution in [0.2, 0.25) is 0 Å². The quantitative estimate of drug-likeness (QED) is 0.0179. The number of hydrogen-bond donors (Lipinski definition) is 6. The number of nitrogens with zero attached hydrogens (tertiary/aromatic N) is 4. The lowest BCUT2D eigenvalue weighted by Crippen LogP contribution is -2.41. The second-order valence-electron chi connectivity index (χ2n) is 19.9. The molecule has 1 aliphatic heterocycles. The van der Waals surface area contributed by atoms with Gasteiger partial charge in [-0.25, -0.2) is 9.98 Å². The number of benzene rings is 7. The summed E-state index contributed by atoms with van der Waals surface area (Å²) in [6, 6.07) is 52.2. The minimum Gasteiger partial charge on any atom is -0.399 e. The molecule has 0 bridgehead atoms. The summed E-state index contributed by atoms with van der Waals surface area (Å²) in [6.45, 7) is 7.22. The molecule has 12 nitrogen and oxygen atoms in total. The number of carbonyl (C=O) groups excluding carboxylic acids is 2. The van der Waals surface area contributed by atoms with Gasteiger partial charge in [0.25, 0.3) is 11.8 Å². The van der Waals surface area contributed by atoms with Gasteiger partial charge in [-0.15, -0.1) is 4.57 Å². The Morgan fingerprint density at radius 1 is 0.579 bits per heavy atom. The fraction of sp³-hybridized carbons (Fsp3) is 0.234. The molecule has 0 saturated heterocycles. The van der Waals surface area contributed by atoms with Gasteiger partial charge in [0.1, 0.15) is 11.0 Å². The van der Waals surface area contributed by atoms with Crippen molar-refractivity contribution in [3.63, 3.8) is 0 Å². The molecule has 8 N–H and O–H groups in total. The van der Waals surface area contributed by atoms with E-state index < -0.39 is 0 Å². The highest BCUT2D eigenvalue weighted by molar-refractivity contribution is 6.10. The van der Waals surface area contributed by atoms with Crippen molar-refractivity contribution < 1.29 is 14.2 Å². The average Bonchev–Trinajstić information content (AvgIpc) is 3.51. The Kier molecular flexibility index (Phi) is 15.8. The maximum Gasteiger partial charge on any atom is 0.251 e. The highest BCUT2D eigenvalue weighted by Crippen LogP contribution is 2.43. The lowest BCUT2D eigenvalue weighted by Gasteiger charge is -2.38. The van der Waals surface area contributed by atoms with Crippen LogP contribution in [0.15, 0.2) is 186 Å². The number of aryl methyl sites for hydroxylation is 1. The lowest BCUT2D eigenvalue weighted by atomic mass is 9.94. The Hall–Kier alpha value is -8.77.